The molecule has 0 bridgehead atoms. The lowest BCUT2D eigenvalue weighted by Gasteiger charge is -2.19. The molecular formula is C12H24N2O2. The monoisotopic (exact) mass is 228 g/mol. The Labute approximate surface area is 98.3 Å². The van der Waals surface area contributed by atoms with Crippen molar-refractivity contribution in [1.29, 1.82) is 0 Å². The molecule has 4 heteroatoms. The van der Waals surface area contributed by atoms with Crippen LogP contribution in [0.1, 0.15) is 32.1 Å². The van der Waals surface area contributed by atoms with Gasteiger partial charge in [0.25, 0.3) is 0 Å². The van der Waals surface area contributed by atoms with Crippen molar-refractivity contribution in [2.45, 2.75) is 38.1 Å². The number of nitrogens with one attached hydrogen (secondary N) is 1. The summed E-state index contributed by atoms with van der Waals surface area (Å²) in [6, 6.07) is 0.566. The normalized spacial score (nSPS) is 16.6. The van der Waals surface area contributed by atoms with Gasteiger partial charge in [0, 0.05) is 33.4 Å². The van der Waals surface area contributed by atoms with Crippen LogP contribution < -0.4 is 5.32 Å². The number of hydrogen-bond donors (Lipinski definition) is 1. The highest BCUT2D eigenvalue weighted by molar-refractivity contribution is 5.77. The van der Waals surface area contributed by atoms with E-state index in [0.717, 1.165) is 13.0 Å². The number of rotatable bonds is 7. The number of nitrogens with zero attached hydrogens (tertiary/aromatic N) is 1. The average Bonchev–Trinajstić information content (AvgIpc) is 2.79. The minimum Gasteiger partial charge on any atom is -0.385 e. The molecule has 0 heterocycles. The number of methoxy groups -OCH3 is 1. The van der Waals surface area contributed by atoms with Crippen LogP contribution in [0.25, 0.3) is 0 Å². The molecule has 1 amide bonds. The van der Waals surface area contributed by atoms with E-state index in [0.29, 0.717) is 19.2 Å². The molecule has 0 aliphatic heterocycles. The van der Waals surface area contributed by atoms with Gasteiger partial charge < -0.3 is 15.0 Å². The van der Waals surface area contributed by atoms with Crippen molar-refractivity contribution in [2.24, 2.45) is 0 Å². The molecule has 1 aliphatic rings. The van der Waals surface area contributed by atoms with Gasteiger partial charge in [0.05, 0.1) is 6.54 Å². The van der Waals surface area contributed by atoms with Crippen LogP contribution in [0.15, 0.2) is 0 Å². The van der Waals surface area contributed by atoms with Gasteiger partial charge in [0.2, 0.25) is 5.91 Å². The number of hydrogen-bond acceptors (Lipinski definition) is 3. The first-order chi connectivity index (χ1) is 7.74. The summed E-state index contributed by atoms with van der Waals surface area (Å²) in [6.07, 6.45) is 5.95. The Hall–Kier alpha value is -0.610. The molecule has 0 radical (unpaired) electrons. The third-order valence-corrected chi connectivity index (χ3v) is 3.16. The van der Waals surface area contributed by atoms with Crippen molar-refractivity contribution in [1.82, 2.24) is 10.2 Å². The molecule has 94 valence electrons. The van der Waals surface area contributed by atoms with Crippen LogP contribution in [0.5, 0.6) is 0 Å². The van der Waals surface area contributed by atoms with Crippen LogP contribution in [0.2, 0.25) is 0 Å². The minimum atomic E-state index is 0.183. The molecule has 1 fully saturated rings. The SMILES string of the molecule is COCCCN(C)C(=O)CNC1CCCC1. The van der Waals surface area contributed by atoms with Crippen molar-refractivity contribution in [3.63, 3.8) is 0 Å². The van der Waals surface area contributed by atoms with Crippen molar-refractivity contribution in [2.75, 3.05) is 33.9 Å². The standard InChI is InChI=1S/C12H24N2O2/c1-14(8-5-9-16-2)12(15)10-13-11-6-3-4-7-11/h11,13H,3-10H2,1-2H3. The van der Waals surface area contributed by atoms with Crippen LogP contribution in [0.3, 0.4) is 0 Å². The van der Waals surface area contributed by atoms with Crippen molar-refractivity contribution in [3.8, 4) is 0 Å². The van der Waals surface area contributed by atoms with E-state index in [9.17, 15) is 4.79 Å². The van der Waals surface area contributed by atoms with Gasteiger partial charge in [0.1, 0.15) is 0 Å². The van der Waals surface area contributed by atoms with Gasteiger partial charge in [-0.1, -0.05) is 12.8 Å². The van der Waals surface area contributed by atoms with Gasteiger partial charge in [-0.2, -0.15) is 0 Å². The predicted octanol–water partition coefficient (Wildman–Crippen LogP) is 1.01. The van der Waals surface area contributed by atoms with E-state index in [4.69, 9.17) is 4.74 Å². The Balaban J connectivity index is 2.08. The molecule has 0 unspecified atom stereocenters. The fraction of sp³-hybridized carbons (Fsp3) is 0.917. The van der Waals surface area contributed by atoms with E-state index in [1.165, 1.54) is 25.7 Å². The summed E-state index contributed by atoms with van der Waals surface area (Å²) in [4.78, 5) is 13.5. The minimum absolute atomic E-state index is 0.183. The van der Waals surface area contributed by atoms with Crippen LogP contribution in [0.4, 0.5) is 0 Å². The lowest BCUT2D eigenvalue weighted by molar-refractivity contribution is -0.129. The maximum Gasteiger partial charge on any atom is 0.236 e. The largest absolute Gasteiger partial charge is 0.385 e. The second-order valence-corrected chi connectivity index (χ2v) is 4.52. The summed E-state index contributed by atoms with van der Waals surface area (Å²) in [5.41, 5.74) is 0. The van der Waals surface area contributed by atoms with E-state index >= 15 is 0 Å². The molecule has 1 rings (SSSR count). The summed E-state index contributed by atoms with van der Waals surface area (Å²) in [7, 11) is 3.54. The third-order valence-electron chi connectivity index (χ3n) is 3.16. The Morgan fingerprint density at radius 1 is 1.44 bits per heavy atom. The number of likely N-dealkylation sites (N-methyl/N-ethyl adjacent to an activating group) is 1. The second kappa shape index (κ2) is 7.63. The van der Waals surface area contributed by atoms with E-state index in [-0.39, 0.29) is 5.91 Å². The molecule has 1 N–H and O–H groups in total. The molecule has 0 atom stereocenters. The summed E-state index contributed by atoms with van der Waals surface area (Å²) in [5, 5.41) is 3.33. The van der Waals surface area contributed by atoms with Crippen molar-refractivity contribution in [3.05, 3.63) is 0 Å². The van der Waals surface area contributed by atoms with Crippen LogP contribution in [-0.2, 0) is 9.53 Å². The molecule has 0 spiro atoms. The van der Waals surface area contributed by atoms with Gasteiger partial charge >= 0.3 is 0 Å². The molecule has 0 aromatic carbocycles. The average molecular weight is 228 g/mol. The zero-order valence-electron chi connectivity index (χ0n) is 10.5. The van der Waals surface area contributed by atoms with Crippen molar-refractivity contribution < 1.29 is 9.53 Å². The smallest absolute Gasteiger partial charge is 0.236 e. The van der Waals surface area contributed by atoms with Crippen LogP contribution >= 0.6 is 0 Å². The molecule has 0 saturated heterocycles. The first-order valence-corrected chi connectivity index (χ1v) is 6.20. The van der Waals surface area contributed by atoms with E-state index < -0.39 is 0 Å². The van der Waals surface area contributed by atoms with Crippen LogP contribution in [0, 0.1) is 0 Å². The molecule has 1 aliphatic carbocycles. The van der Waals surface area contributed by atoms with E-state index in [1.54, 1.807) is 12.0 Å². The lowest BCUT2D eigenvalue weighted by atomic mass is 10.2. The Morgan fingerprint density at radius 3 is 2.75 bits per heavy atom. The Bertz CT molecular complexity index is 203. The highest BCUT2D eigenvalue weighted by Gasteiger charge is 2.16. The number of carbonyl (C=O) groups is 1. The molecular weight excluding hydrogens is 204 g/mol. The number of carbonyl (C=O) groups excluding carboxylic acids is 1. The molecule has 0 aromatic heterocycles. The summed E-state index contributed by atoms with van der Waals surface area (Å²) in [5.74, 6) is 0.183. The summed E-state index contributed by atoms with van der Waals surface area (Å²) in [6.45, 7) is 1.97. The van der Waals surface area contributed by atoms with Gasteiger partial charge in [0.15, 0.2) is 0 Å². The molecule has 16 heavy (non-hydrogen) atoms. The number of amides is 1. The highest BCUT2D eigenvalue weighted by Crippen LogP contribution is 2.17. The third kappa shape index (κ3) is 4.94. The molecule has 4 nitrogen and oxygen atoms in total. The summed E-state index contributed by atoms with van der Waals surface area (Å²) < 4.78 is 4.96. The highest BCUT2D eigenvalue weighted by atomic mass is 16.5. The maximum atomic E-state index is 11.7. The van der Waals surface area contributed by atoms with Gasteiger partial charge in [-0.05, 0) is 19.3 Å². The first kappa shape index (κ1) is 13.5. The van der Waals surface area contributed by atoms with E-state index in [2.05, 4.69) is 5.32 Å². The van der Waals surface area contributed by atoms with Crippen LogP contribution in [-0.4, -0.2) is 50.7 Å². The van der Waals surface area contributed by atoms with Gasteiger partial charge in [-0.3, -0.25) is 4.79 Å². The van der Waals surface area contributed by atoms with Gasteiger partial charge in [-0.25, -0.2) is 0 Å². The van der Waals surface area contributed by atoms with E-state index in [1.807, 2.05) is 7.05 Å². The topological polar surface area (TPSA) is 41.6 Å². The van der Waals surface area contributed by atoms with Gasteiger partial charge in [-0.15, -0.1) is 0 Å². The Kier molecular flexibility index (Phi) is 6.42. The van der Waals surface area contributed by atoms with Crippen molar-refractivity contribution >= 4 is 5.91 Å². The second-order valence-electron chi connectivity index (χ2n) is 4.52. The summed E-state index contributed by atoms with van der Waals surface area (Å²) >= 11 is 0. The Morgan fingerprint density at radius 2 is 2.12 bits per heavy atom. The fourth-order valence-electron chi connectivity index (χ4n) is 2.07. The quantitative estimate of drug-likeness (QED) is 0.661. The zero-order valence-corrected chi connectivity index (χ0v) is 10.5. The maximum absolute atomic E-state index is 11.7. The molecule has 0 aromatic rings. The number of ether oxygens (including phenoxy) is 1. The predicted molar refractivity (Wildman–Crippen MR) is 64.4 cm³/mol. The first-order valence-electron chi connectivity index (χ1n) is 6.20. The zero-order chi connectivity index (χ0) is 11.8. The lowest BCUT2D eigenvalue weighted by Crippen LogP contribution is -2.39. The fourth-order valence-corrected chi connectivity index (χ4v) is 2.07. The molecule has 1 saturated carbocycles.